The molecule has 1 atom stereocenters. The normalized spacial score (nSPS) is 11.7. The minimum atomic E-state index is -0.749. The number of benzene rings is 2. The average molecular weight is 368 g/mol. The van der Waals surface area contributed by atoms with Gasteiger partial charge in [-0.3, -0.25) is 9.59 Å². The predicted molar refractivity (Wildman–Crippen MR) is 101 cm³/mol. The molecule has 0 aliphatic heterocycles. The van der Waals surface area contributed by atoms with Crippen LogP contribution in [0.3, 0.4) is 0 Å². The Balaban J connectivity index is 1.65. The molecule has 8 nitrogen and oxygen atoms in total. The molecule has 0 saturated carbocycles. The Labute approximate surface area is 155 Å². The number of methoxy groups -OCH3 is 2. The lowest BCUT2D eigenvalue weighted by Crippen LogP contribution is -2.36. The SMILES string of the molecule is COc1ccc(C(C)NC(=O)C(=O)Nc2ccc3nc[nH]c3c2)cc1OC. The van der Waals surface area contributed by atoms with Crippen molar-refractivity contribution in [3.63, 3.8) is 0 Å². The third-order valence-electron chi connectivity index (χ3n) is 4.14. The van der Waals surface area contributed by atoms with E-state index >= 15 is 0 Å². The molecule has 3 aromatic rings. The van der Waals surface area contributed by atoms with E-state index in [-0.39, 0.29) is 0 Å². The molecular formula is C19H20N4O4. The fraction of sp³-hybridized carbons (Fsp3) is 0.211. The van der Waals surface area contributed by atoms with Gasteiger partial charge in [-0.05, 0) is 42.8 Å². The standard InChI is InChI=1S/C19H20N4O4/c1-11(12-4-7-16(26-2)17(8-12)27-3)22-18(24)19(25)23-13-5-6-14-15(9-13)21-10-20-14/h4-11H,1-3H3,(H,20,21)(H,22,24)(H,23,25). The summed E-state index contributed by atoms with van der Waals surface area (Å²) in [6.07, 6.45) is 1.56. The van der Waals surface area contributed by atoms with Crippen molar-refractivity contribution in [2.45, 2.75) is 13.0 Å². The summed E-state index contributed by atoms with van der Waals surface area (Å²) in [6.45, 7) is 1.78. The molecule has 2 amide bonds. The molecule has 8 heteroatoms. The summed E-state index contributed by atoms with van der Waals surface area (Å²) in [5, 5.41) is 5.25. The molecule has 27 heavy (non-hydrogen) atoms. The van der Waals surface area contributed by atoms with E-state index in [0.717, 1.165) is 16.6 Å². The summed E-state index contributed by atoms with van der Waals surface area (Å²) >= 11 is 0. The maximum absolute atomic E-state index is 12.2. The van der Waals surface area contributed by atoms with Gasteiger partial charge in [-0.25, -0.2) is 4.98 Å². The number of carbonyl (C=O) groups is 2. The Kier molecular flexibility index (Phi) is 5.25. The first-order valence-electron chi connectivity index (χ1n) is 8.28. The smallest absolute Gasteiger partial charge is 0.313 e. The van der Waals surface area contributed by atoms with Crippen LogP contribution < -0.4 is 20.1 Å². The molecule has 0 spiro atoms. The first-order chi connectivity index (χ1) is 13.0. The van der Waals surface area contributed by atoms with Crippen molar-refractivity contribution in [3.8, 4) is 11.5 Å². The molecule has 1 unspecified atom stereocenters. The van der Waals surface area contributed by atoms with Gasteiger partial charge in [-0.15, -0.1) is 0 Å². The monoisotopic (exact) mass is 368 g/mol. The van der Waals surface area contributed by atoms with Crippen LogP contribution in [0.1, 0.15) is 18.5 Å². The maximum Gasteiger partial charge on any atom is 0.313 e. The van der Waals surface area contributed by atoms with Crippen LogP contribution in [-0.4, -0.2) is 36.0 Å². The molecule has 2 aromatic carbocycles. The van der Waals surface area contributed by atoms with E-state index in [0.29, 0.717) is 17.2 Å². The van der Waals surface area contributed by atoms with Gasteiger partial charge in [-0.2, -0.15) is 0 Å². The summed E-state index contributed by atoms with van der Waals surface area (Å²) in [6, 6.07) is 10.1. The lowest BCUT2D eigenvalue weighted by molar-refractivity contribution is -0.136. The molecule has 3 N–H and O–H groups in total. The highest BCUT2D eigenvalue weighted by molar-refractivity contribution is 6.39. The zero-order valence-electron chi connectivity index (χ0n) is 15.2. The summed E-state index contributed by atoms with van der Waals surface area (Å²) in [7, 11) is 3.09. The van der Waals surface area contributed by atoms with Crippen LogP contribution in [0.25, 0.3) is 11.0 Å². The number of ether oxygens (including phenoxy) is 2. The van der Waals surface area contributed by atoms with Gasteiger partial charge < -0.3 is 25.1 Å². The van der Waals surface area contributed by atoms with Gasteiger partial charge in [0.1, 0.15) is 0 Å². The van der Waals surface area contributed by atoms with Crippen LogP contribution in [0.15, 0.2) is 42.7 Å². The molecule has 0 radical (unpaired) electrons. The van der Waals surface area contributed by atoms with Crippen molar-refractivity contribution in [3.05, 3.63) is 48.3 Å². The van der Waals surface area contributed by atoms with Crippen LogP contribution in [0, 0.1) is 0 Å². The molecular weight excluding hydrogens is 348 g/mol. The Morgan fingerprint density at radius 3 is 2.56 bits per heavy atom. The van der Waals surface area contributed by atoms with Crippen molar-refractivity contribution < 1.29 is 19.1 Å². The van der Waals surface area contributed by atoms with Crippen molar-refractivity contribution in [1.82, 2.24) is 15.3 Å². The zero-order valence-corrected chi connectivity index (χ0v) is 15.2. The number of carbonyl (C=O) groups excluding carboxylic acids is 2. The predicted octanol–water partition coefficient (Wildman–Crippen LogP) is 2.40. The zero-order chi connectivity index (χ0) is 19.4. The second kappa shape index (κ2) is 7.77. The van der Waals surface area contributed by atoms with Crippen molar-refractivity contribution in [2.75, 3.05) is 19.5 Å². The van der Waals surface area contributed by atoms with E-state index in [1.165, 1.54) is 7.11 Å². The number of hydrogen-bond donors (Lipinski definition) is 3. The molecule has 1 heterocycles. The van der Waals surface area contributed by atoms with E-state index < -0.39 is 17.9 Å². The topological polar surface area (TPSA) is 105 Å². The Morgan fingerprint density at radius 1 is 1.04 bits per heavy atom. The number of hydrogen-bond acceptors (Lipinski definition) is 5. The Bertz CT molecular complexity index is 983. The number of aromatic amines is 1. The fourth-order valence-corrected chi connectivity index (χ4v) is 2.67. The number of anilines is 1. The fourth-order valence-electron chi connectivity index (χ4n) is 2.67. The van der Waals surface area contributed by atoms with Crippen LogP contribution in [0.2, 0.25) is 0 Å². The third kappa shape index (κ3) is 4.00. The second-order valence-corrected chi connectivity index (χ2v) is 5.90. The van der Waals surface area contributed by atoms with Gasteiger partial charge in [0, 0.05) is 5.69 Å². The van der Waals surface area contributed by atoms with Crippen molar-refractivity contribution in [2.24, 2.45) is 0 Å². The molecule has 0 fully saturated rings. The number of rotatable bonds is 5. The van der Waals surface area contributed by atoms with E-state index in [2.05, 4.69) is 20.6 Å². The van der Waals surface area contributed by atoms with Crippen LogP contribution in [0.5, 0.6) is 11.5 Å². The second-order valence-electron chi connectivity index (χ2n) is 5.90. The molecule has 0 aliphatic carbocycles. The molecule has 140 valence electrons. The van der Waals surface area contributed by atoms with Crippen molar-refractivity contribution in [1.29, 1.82) is 0 Å². The van der Waals surface area contributed by atoms with Gasteiger partial charge in [0.15, 0.2) is 11.5 Å². The van der Waals surface area contributed by atoms with Crippen LogP contribution in [-0.2, 0) is 9.59 Å². The van der Waals surface area contributed by atoms with E-state index in [9.17, 15) is 9.59 Å². The van der Waals surface area contributed by atoms with Gasteiger partial charge in [0.25, 0.3) is 0 Å². The van der Waals surface area contributed by atoms with E-state index in [4.69, 9.17) is 9.47 Å². The lowest BCUT2D eigenvalue weighted by atomic mass is 10.1. The largest absolute Gasteiger partial charge is 0.493 e. The number of nitrogens with one attached hydrogen (secondary N) is 3. The van der Waals surface area contributed by atoms with Gasteiger partial charge >= 0.3 is 11.8 Å². The molecule has 3 rings (SSSR count). The minimum Gasteiger partial charge on any atom is -0.493 e. The quantitative estimate of drug-likeness (QED) is 0.600. The first kappa shape index (κ1) is 18.2. The average Bonchev–Trinajstić information content (AvgIpc) is 3.15. The number of amides is 2. The van der Waals surface area contributed by atoms with Gasteiger partial charge in [-0.1, -0.05) is 6.07 Å². The number of imidazole rings is 1. The highest BCUT2D eigenvalue weighted by Gasteiger charge is 2.18. The molecule has 0 bridgehead atoms. The lowest BCUT2D eigenvalue weighted by Gasteiger charge is -2.16. The van der Waals surface area contributed by atoms with Gasteiger partial charge in [0.2, 0.25) is 0 Å². The number of fused-ring (bicyclic) bond motifs is 1. The first-order valence-corrected chi connectivity index (χ1v) is 8.28. The molecule has 1 aromatic heterocycles. The molecule has 0 saturated heterocycles. The number of H-pyrrole nitrogens is 1. The number of nitrogens with zero attached hydrogens (tertiary/aromatic N) is 1. The van der Waals surface area contributed by atoms with Crippen LogP contribution in [0.4, 0.5) is 5.69 Å². The maximum atomic E-state index is 12.2. The third-order valence-corrected chi connectivity index (χ3v) is 4.14. The van der Waals surface area contributed by atoms with Crippen molar-refractivity contribution >= 4 is 28.5 Å². The summed E-state index contributed by atoms with van der Waals surface area (Å²) in [5.41, 5.74) is 2.84. The van der Waals surface area contributed by atoms with Gasteiger partial charge in [0.05, 0.1) is 37.6 Å². The highest BCUT2D eigenvalue weighted by atomic mass is 16.5. The minimum absolute atomic E-state index is 0.391. The Hall–Kier alpha value is -3.55. The number of aromatic nitrogens is 2. The van der Waals surface area contributed by atoms with E-state index in [1.54, 1.807) is 56.8 Å². The summed E-state index contributed by atoms with van der Waals surface area (Å²) in [4.78, 5) is 31.5. The van der Waals surface area contributed by atoms with Crippen LogP contribution >= 0.6 is 0 Å². The molecule has 0 aliphatic rings. The summed E-state index contributed by atoms with van der Waals surface area (Å²) in [5.74, 6) is -0.344. The van der Waals surface area contributed by atoms with E-state index in [1.807, 2.05) is 0 Å². The summed E-state index contributed by atoms with van der Waals surface area (Å²) < 4.78 is 10.5. The Morgan fingerprint density at radius 2 is 1.81 bits per heavy atom. The highest BCUT2D eigenvalue weighted by Crippen LogP contribution is 2.29.